The van der Waals surface area contributed by atoms with Gasteiger partial charge in [-0.25, -0.2) is 0 Å². The van der Waals surface area contributed by atoms with Crippen LogP contribution in [0, 0.1) is 5.41 Å². The number of allylic oxidation sites excluding steroid dienone is 10. The van der Waals surface area contributed by atoms with Gasteiger partial charge in [0.2, 0.25) is 0 Å². The topological polar surface area (TPSA) is 0 Å². The van der Waals surface area contributed by atoms with Crippen LogP contribution in [0.1, 0.15) is 127 Å². The molecule has 0 aromatic heterocycles. The van der Waals surface area contributed by atoms with Gasteiger partial charge in [-0.3, -0.25) is 0 Å². The predicted molar refractivity (Wildman–Crippen MR) is 140 cm³/mol. The smallest absolute Gasteiger partial charge is 0.0233 e. The first-order chi connectivity index (χ1) is 14.1. The molecular formula is C30H52. The predicted octanol–water partition coefficient (Wildman–Crippen LogP) is 10.7. The molecule has 0 amide bonds. The van der Waals surface area contributed by atoms with Crippen LogP contribution in [0.3, 0.4) is 0 Å². The molecule has 0 bridgehead atoms. The maximum atomic E-state index is 2.53. The fraction of sp³-hybridized carbons (Fsp3) is 0.667. The minimum Gasteiger partial charge on any atom is -0.0856 e. The molecule has 0 unspecified atom stereocenters. The molecule has 0 nitrogen and oxygen atoms in total. The van der Waals surface area contributed by atoms with E-state index >= 15 is 0 Å². The largest absolute Gasteiger partial charge is 0.0856 e. The van der Waals surface area contributed by atoms with Gasteiger partial charge in [-0.15, -0.1) is 0 Å². The third kappa shape index (κ3) is 14.6. The molecule has 0 spiro atoms. The van der Waals surface area contributed by atoms with E-state index in [-0.39, 0.29) is 0 Å². The average molecular weight is 413 g/mol. The van der Waals surface area contributed by atoms with Crippen LogP contribution in [-0.4, -0.2) is 0 Å². The van der Waals surface area contributed by atoms with E-state index in [0.29, 0.717) is 5.41 Å². The Morgan fingerprint density at radius 3 is 1.17 bits per heavy atom. The van der Waals surface area contributed by atoms with Crippen LogP contribution in [0.5, 0.6) is 0 Å². The fourth-order valence-electron chi connectivity index (χ4n) is 3.72. The summed E-state index contributed by atoms with van der Waals surface area (Å²) in [5, 5.41) is 0. The quantitative estimate of drug-likeness (QED) is 0.235. The summed E-state index contributed by atoms with van der Waals surface area (Å²) in [6.45, 7) is 20.4. The Balaban J connectivity index is 4.68. The van der Waals surface area contributed by atoms with E-state index in [1.807, 2.05) is 0 Å². The Kier molecular flexibility index (Phi) is 15.7. The maximum Gasteiger partial charge on any atom is -0.0233 e. The second kappa shape index (κ2) is 16.4. The lowest BCUT2D eigenvalue weighted by atomic mass is 9.75. The summed E-state index contributed by atoms with van der Waals surface area (Å²) < 4.78 is 0. The molecule has 0 aromatic carbocycles. The summed E-state index contributed by atoms with van der Waals surface area (Å²) in [6.07, 6.45) is 24.3. The molecule has 0 rings (SSSR count). The van der Waals surface area contributed by atoms with E-state index < -0.39 is 0 Å². The van der Waals surface area contributed by atoms with E-state index in [1.165, 1.54) is 80.9 Å². The first-order valence-electron chi connectivity index (χ1n) is 12.4. The van der Waals surface area contributed by atoms with Gasteiger partial charge in [-0.1, -0.05) is 72.1 Å². The van der Waals surface area contributed by atoms with Gasteiger partial charge in [-0.2, -0.15) is 0 Å². The maximum absolute atomic E-state index is 2.53. The van der Waals surface area contributed by atoms with Gasteiger partial charge >= 0.3 is 0 Å². The molecule has 0 aliphatic carbocycles. The zero-order valence-corrected chi connectivity index (χ0v) is 22.0. The van der Waals surface area contributed by atoms with Crippen molar-refractivity contribution in [1.82, 2.24) is 0 Å². The van der Waals surface area contributed by atoms with Gasteiger partial charge in [-0.05, 0) is 118 Å². The minimum atomic E-state index is 0.426. The van der Waals surface area contributed by atoms with Crippen molar-refractivity contribution in [3.8, 4) is 0 Å². The molecule has 30 heavy (non-hydrogen) atoms. The average Bonchev–Trinajstić information content (AvgIpc) is 2.68. The SMILES string of the molecule is CCC(CC)(CC=C(C)CCC=C(C)C)CC=C(C)CCC=C(C)CCC=C(C)C. The number of rotatable bonds is 15. The van der Waals surface area contributed by atoms with Crippen molar-refractivity contribution in [3.05, 3.63) is 58.2 Å². The Morgan fingerprint density at radius 2 is 0.833 bits per heavy atom. The van der Waals surface area contributed by atoms with Crippen LogP contribution >= 0.6 is 0 Å². The lowest BCUT2D eigenvalue weighted by Gasteiger charge is -2.30. The molecule has 172 valence electrons. The highest BCUT2D eigenvalue weighted by Crippen LogP contribution is 2.36. The van der Waals surface area contributed by atoms with Crippen LogP contribution in [0.15, 0.2) is 58.2 Å². The van der Waals surface area contributed by atoms with Gasteiger partial charge < -0.3 is 0 Å². The normalized spacial score (nSPS) is 13.4. The molecule has 0 saturated carbocycles. The molecule has 0 heterocycles. The second-order valence-corrected chi connectivity index (χ2v) is 9.95. The minimum absolute atomic E-state index is 0.426. The van der Waals surface area contributed by atoms with Crippen molar-refractivity contribution in [2.24, 2.45) is 5.41 Å². The Bertz CT molecular complexity index is 606. The standard InChI is InChI=1S/C30H52/c1-10-30(11-2,23-21-28(8)18-13-16-26(5)6)24-22-29(9)20-14-19-27(7)17-12-15-25(3)4/h15-16,19,21-22H,10-14,17-18,20,23-24H2,1-9H3. The zero-order valence-electron chi connectivity index (χ0n) is 22.0. The van der Waals surface area contributed by atoms with Crippen molar-refractivity contribution >= 4 is 0 Å². The van der Waals surface area contributed by atoms with Crippen molar-refractivity contribution in [2.75, 3.05) is 0 Å². The molecule has 0 aliphatic rings. The highest BCUT2D eigenvalue weighted by Gasteiger charge is 2.23. The van der Waals surface area contributed by atoms with Gasteiger partial charge in [0.05, 0.1) is 0 Å². The van der Waals surface area contributed by atoms with Crippen molar-refractivity contribution in [3.63, 3.8) is 0 Å². The van der Waals surface area contributed by atoms with Gasteiger partial charge in [0.25, 0.3) is 0 Å². The highest BCUT2D eigenvalue weighted by atomic mass is 14.3. The van der Waals surface area contributed by atoms with Crippen LogP contribution in [0.25, 0.3) is 0 Å². The molecule has 0 radical (unpaired) electrons. The second-order valence-electron chi connectivity index (χ2n) is 9.95. The number of hydrogen-bond donors (Lipinski definition) is 0. The summed E-state index contributed by atoms with van der Waals surface area (Å²) in [4.78, 5) is 0. The van der Waals surface area contributed by atoms with Crippen molar-refractivity contribution < 1.29 is 0 Å². The lowest BCUT2D eigenvalue weighted by molar-refractivity contribution is 0.267. The van der Waals surface area contributed by atoms with E-state index in [4.69, 9.17) is 0 Å². The Morgan fingerprint density at radius 1 is 0.500 bits per heavy atom. The van der Waals surface area contributed by atoms with E-state index in [2.05, 4.69) is 92.7 Å². The van der Waals surface area contributed by atoms with Crippen molar-refractivity contribution in [2.45, 2.75) is 127 Å². The third-order valence-electron chi connectivity index (χ3n) is 6.48. The summed E-state index contributed by atoms with van der Waals surface area (Å²) >= 11 is 0. The van der Waals surface area contributed by atoms with Crippen LogP contribution < -0.4 is 0 Å². The third-order valence-corrected chi connectivity index (χ3v) is 6.48. The Labute approximate surface area is 190 Å². The molecule has 0 saturated heterocycles. The fourth-order valence-corrected chi connectivity index (χ4v) is 3.72. The molecular weight excluding hydrogens is 360 g/mol. The summed E-state index contributed by atoms with van der Waals surface area (Å²) in [5.41, 5.74) is 7.92. The summed E-state index contributed by atoms with van der Waals surface area (Å²) in [5.74, 6) is 0. The first-order valence-corrected chi connectivity index (χ1v) is 12.4. The highest BCUT2D eigenvalue weighted by molar-refractivity contribution is 5.08. The van der Waals surface area contributed by atoms with Gasteiger partial charge in [0, 0.05) is 0 Å². The van der Waals surface area contributed by atoms with E-state index in [1.54, 1.807) is 11.1 Å². The molecule has 0 fully saturated rings. The molecule has 0 heteroatoms. The summed E-state index contributed by atoms with van der Waals surface area (Å²) in [7, 11) is 0. The summed E-state index contributed by atoms with van der Waals surface area (Å²) in [6, 6.07) is 0. The van der Waals surface area contributed by atoms with Crippen molar-refractivity contribution in [1.29, 1.82) is 0 Å². The van der Waals surface area contributed by atoms with E-state index in [0.717, 1.165) is 0 Å². The van der Waals surface area contributed by atoms with Gasteiger partial charge in [0.15, 0.2) is 0 Å². The van der Waals surface area contributed by atoms with Crippen LogP contribution in [0.4, 0.5) is 0 Å². The molecule has 0 aliphatic heterocycles. The zero-order chi connectivity index (χ0) is 23.0. The van der Waals surface area contributed by atoms with E-state index in [9.17, 15) is 0 Å². The monoisotopic (exact) mass is 412 g/mol. The molecule has 0 atom stereocenters. The molecule has 0 N–H and O–H groups in total. The van der Waals surface area contributed by atoms with Crippen LogP contribution in [-0.2, 0) is 0 Å². The lowest BCUT2D eigenvalue weighted by Crippen LogP contribution is -2.17. The number of hydrogen-bond acceptors (Lipinski definition) is 0. The first kappa shape index (κ1) is 28.7. The van der Waals surface area contributed by atoms with Crippen LogP contribution in [0.2, 0.25) is 0 Å². The Hall–Kier alpha value is -1.30. The molecule has 0 aromatic rings. The van der Waals surface area contributed by atoms with Gasteiger partial charge in [0.1, 0.15) is 0 Å².